The van der Waals surface area contributed by atoms with Crippen molar-refractivity contribution >= 4 is 45.0 Å². The predicted molar refractivity (Wildman–Crippen MR) is 119 cm³/mol. The van der Waals surface area contributed by atoms with Crippen molar-refractivity contribution < 1.29 is 17.9 Å². The van der Waals surface area contributed by atoms with Crippen LogP contribution in [0.15, 0.2) is 52.3 Å². The molecule has 9 heteroatoms. The third-order valence-corrected chi connectivity index (χ3v) is 7.63. The quantitative estimate of drug-likeness (QED) is 0.532. The Labute approximate surface area is 181 Å². The summed E-state index contributed by atoms with van der Waals surface area (Å²) in [6, 6.07) is 11.9. The Balaban J connectivity index is 2.21. The third kappa shape index (κ3) is 6.12. The van der Waals surface area contributed by atoms with Gasteiger partial charge in [-0.2, -0.15) is 4.31 Å². The second kappa shape index (κ2) is 10.9. The van der Waals surface area contributed by atoms with Gasteiger partial charge in [0.05, 0.1) is 17.4 Å². The van der Waals surface area contributed by atoms with Crippen molar-refractivity contribution in [3.8, 4) is 5.75 Å². The molecule has 29 heavy (non-hydrogen) atoms. The molecule has 0 bridgehead atoms. The van der Waals surface area contributed by atoms with Crippen LogP contribution in [0.5, 0.6) is 5.75 Å². The number of thioether (sulfide) groups is 1. The van der Waals surface area contributed by atoms with Crippen LogP contribution in [0.1, 0.15) is 20.8 Å². The summed E-state index contributed by atoms with van der Waals surface area (Å²) in [6.45, 7) is 6.36. The molecule has 1 amide bonds. The molecule has 0 saturated heterocycles. The second-order valence-electron chi connectivity index (χ2n) is 5.95. The first-order valence-electron chi connectivity index (χ1n) is 9.27. The van der Waals surface area contributed by atoms with Crippen LogP contribution in [-0.4, -0.2) is 44.1 Å². The Morgan fingerprint density at radius 3 is 2.45 bits per heavy atom. The fourth-order valence-electron chi connectivity index (χ4n) is 2.67. The van der Waals surface area contributed by atoms with Gasteiger partial charge in [0.25, 0.3) is 0 Å². The Kier molecular flexibility index (Phi) is 8.82. The first-order valence-corrected chi connectivity index (χ1v) is 12.1. The van der Waals surface area contributed by atoms with E-state index in [-0.39, 0.29) is 22.3 Å². The summed E-state index contributed by atoms with van der Waals surface area (Å²) in [5, 5.41) is 3.33. The highest BCUT2D eigenvalue weighted by molar-refractivity contribution is 8.00. The van der Waals surface area contributed by atoms with E-state index in [1.54, 1.807) is 39.0 Å². The van der Waals surface area contributed by atoms with Crippen LogP contribution < -0.4 is 10.1 Å². The van der Waals surface area contributed by atoms with Crippen molar-refractivity contribution in [3.05, 3.63) is 47.5 Å². The SMILES string of the molecule is CCOc1ccc(NC(=O)CSc2ccccc2Cl)cc1S(=O)(=O)N(CC)CC. The molecule has 0 heterocycles. The third-order valence-electron chi connectivity index (χ3n) is 4.05. The van der Waals surface area contributed by atoms with Crippen molar-refractivity contribution in [1.29, 1.82) is 0 Å². The Hall–Kier alpha value is -1.74. The van der Waals surface area contributed by atoms with E-state index in [9.17, 15) is 13.2 Å². The first kappa shape index (κ1) is 23.5. The summed E-state index contributed by atoms with van der Waals surface area (Å²) in [4.78, 5) is 13.2. The van der Waals surface area contributed by atoms with E-state index in [0.717, 1.165) is 4.90 Å². The number of rotatable bonds is 10. The molecule has 0 spiro atoms. The van der Waals surface area contributed by atoms with E-state index >= 15 is 0 Å². The molecular weight excluding hydrogens is 432 g/mol. The molecule has 0 saturated carbocycles. The number of hydrogen-bond donors (Lipinski definition) is 1. The van der Waals surface area contributed by atoms with Crippen molar-refractivity contribution in [2.75, 3.05) is 30.8 Å². The van der Waals surface area contributed by atoms with E-state index in [1.807, 2.05) is 18.2 Å². The molecule has 1 N–H and O–H groups in total. The summed E-state index contributed by atoms with van der Waals surface area (Å²) in [7, 11) is -3.74. The number of halogens is 1. The summed E-state index contributed by atoms with van der Waals surface area (Å²) in [5.41, 5.74) is 0.393. The van der Waals surface area contributed by atoms with Crippen molar-refractivity contribution in [1.82, 2.24) is 4.31 Å². The van der Waals surface area contributed by atoms with Crippen LogP contribution in [0.4, 0.5) is 5.69 Å². The number of nitrogens with zero attached hydrogens (tertiary/aromatic N) is 1. The van der Waals surface area contributed by atoms with Crippen LogP contribution in [0.2, 0.25) is 5.02 Å². The number of ether oxygens (including phenoxy) is 1. The number of amides is 1. The van der Waals surface area contributed by atoms with Crippen LogP contribution >= 0.6 is 23.4 Å². The largest absolute Gasteiger partial charge is 0.492 e. The maximum Gasteiger partial charge on any atom is 0.246 e. The standard InChI is InChI=1S/C20H25ClN2O4S2/c1-4-23(5-2)29(25,26)19-13-15(11-12-17(19)27-6-3)22-20(24)14-28-18-10-8-7-9-16(18)21/h7-13H,4-6,14H2,1-3H3,(H,22,24). The molecule has 0 aliphatic heterocycles. The zero-order chi connectivity index (χ0) is 21.4. The Morgan fingerprint density at radius 2 is 1.83 bits per heavy atom. The van der Waals surface area contributed by atoms with Crippen LogP contribution in [0.25, 0.3) is 0 Å². The normalized spacial score (nSPS) is 11.5. The fraction of sp³-hybridized carbons (Fsp3) is 0.350. The van der Waals surface area contributed by atoms with Gasteiger partial charge in [-0.05, 0) is 37.3 Å². The molecule has 0 unspecified atom stereocenters. The lowest BCUT2D eigenvalue weighted by atomic mass is 10.3. The number of sulfonamides is 1. The molecular formula is C20H25ClN2O4S2. The second-order valence-corrected chi connectivity index (χ2v) is 9.28. The molecule has 0 atom stereocenters. The minimum Gasteiger partial charge on any atom is -0.492 e. The number of benzene rings is 2. The van der Waals surface area contributed by atoms with Crippen LogP contribution in [0.3, 0.4) is 0 Å². The van der Waals surface area contributed by atoms with Gasteiger partial charge in [-0.15, -0.1) is 11.8 Å². The summed E-state index contributed by atoms with van der Waals surface area (Å²) in [6.07, 6.45) is 0. The fourth-order valence-corrected chi connectivity index (χ4v) is 5.32. The van der Waals surface area contributed by atoms with Crippen molar-refractivity contribution in [2.24, 2.45) is 0 Å². The molecule has 6 nitrogen and oxygen atoms in total. The number of anilines is 1. The molecule has 158 valence electrons. The summed E-state index contributed by atoms with van der Waals surface area (Å²) in [5.74, 6) is 0.155. The zero-order valence-corrected chi connectivity index (χ0v) is 19.0. The highest BCUT2D eigenvalue weighted by Crippen LogP contribution is 2.31. The van der Waals surface area contributed by atoms with E-state index < -0.39 is 10.0 Å². The number of nitrogens with one attached hydrogen (secondary N) is 1. The molecule has 0 fully saturated rings. The van der Waals surface area contributed by atoms with Gasteiger partial charge >= 0.3 is 0 Å². The van der Waals surface area contributed by atoms with Gasteiger partial charge in [-0.3, -0.25) is 4.79 Å². The van der Waals surface area contributed by atoms with Gasteiger partial charge in [0.15, 0.2) is 0 Å². The number of hydrogen-bond acceptors (Lipinski definition) is 5. The topological polar surface area (TPSA) is 75.7 Å². The molecule has 0 radical (unpaired) electrons. The van der Waals surface area contributed by atoms with Gasteiger partial charge in [-0.1, -0.05) is 37.6 Å². The van der Waals surface area contributed by atoms with Gasteiger partial charge in [0.1, 0.15) is 10.6 Å². The molecule has 0 aromatic heterocycles. The Morgan fingerprint density at radius 1 is 1.14 bits per heavy atom. The molecule has 0 aliphatic carbocycles. The Bertz CT molecular complexity index is 947. The maximum absolute atomic E-state index is 13.0. The number of carbonyl (C=O) groups excluding carboxylic acids is 1. The minimum atomic E-state index is -3.74. The monoisotopic (exact) mass is 456 g/mol. The molecule has 2 rings (SSSR count). The van der Waals surface area contributed by atoms with Gasteiger partial charge in [-0.25, -0.2) is 8.42 Å². The van der Waals surface area contributed by atoms with E-state index in [2.05, 4.69) is 5.32 Å². The summed E-state index contributed by atoms with van der Waals surface area (Å²) >= 11 is 7.42. The van der Waals surface area contributed by atoms with Crippen molar-refractivity contribution in [3.63, 3.8) is 0 Å². The highest BCUT2D eigenvalue weighted by atomic mass is 35.5. The van der Waals surface area contributed by atoms with E-state index in [1.165, 1.54) is 22.1 Å². The van der Waals surface area contributed by atoms with Crippen LogP contribution in [0, 0.1) is 0 Å². The molecule has 2 aromatic carbocycles. The molecule has 2 aromatic rings. The lowest BCUT2D eigenvalue weighted by molar-refractivity contribution is -0.113. The average Bonchev–Trinajstić information content (AvgIpc) is 2.69. The zero-order valence-electron chi connectivity index (χ0n) is 16.6. The minimum absolute atomic E-state index is 0.0413. The maximum atomic E-state index is 13.0. The van der Waals surface area contributed by atoms with Crippen molar-refractivity contribution in [2.45, 2.75) is 30.6 Å². The first-order chi connectivity index (χ1) is 13.8. The van der Waals surface area contributed by atoms with E-state index in [0.29, 0.717) is 30.4 Å². The predicted octanol–water partition coefficient (Wildman–Crippen LogP) is 4.50. The average molecular weight is 457 g/mol. The van der Waals surface area contributed by atoms with Gasteiger partial charge < -0.3 is 10.1 Å². The number of carbonyl (C=O) groups is 1. The smallest absolute Gasteiger partial charge is 0.246 e. The molecule has 0 aliphatic rings. The van der Waals surface area contributed by atoms with Gasteiger partial charge in [0.2, 0.25) is 15.9 Å². The lowest BCUT2D eigenvalue weighted by Gasteiger charge is -2.21. The highest BCUT2D eigenvalue weighted by Gasteiger charge is 2.26. The van der Waals surface area contributed by atoms with Gasteiger partial charge in [0, 0.05) is 23.7 Å². The van der Waals surface area contributed by atoms with Crippen LogP contribution in [-0.2, 0) is 14.8 Å². The summed E-state index contributed by atoms with van der Waals surface area (Å²) < 4.78 is 32.8. The lowest BCUT2D eigenvalue weighted by Crippen LogP contribution is -2.31. The van der Waals surface area contributed by atoms with E-state index in [4.69, 9.17) is 16.3 Å².